The molecule has 184 valence electrons. The van der Waals surface area contributed by atoms with E-state index in [0.717, 1.165) is 10.2 Å². The molecule has 0 saturated carbocycles. The van der Waals surface area contributed by atoms with Gasteiger partial charge >= 0.3 is 5.69 Å². The Morgan fingerprint density at radius 3 is 2.38 bits per heavy atom. The number of benzene rings is 3. The number of ether oxygens (including phenoxy) is 1. The van der Waals surface area contributed by atoms with Crippen LogP contribution in [-0.4, -0.2) is 27.2 Å². The zero-order chi connectivity index (χ0) is 26.3. The van der Waals surface area contributed by atoms with Crippen LogP contribution in [0.2, 0.25) is 10.0 Å². The quantitative estimate of drug-likeness (QED) is 0.415. The minimum atomic E-state index is -0.910. The van der Waals surface area contributed by atoms with Crippen LogP contribution < -0.4 is 20.9 Å². The van der Waals surface area contributed by atoms with Crippen molar-refractivity contribution in [1.29, 1.82) is 5.26 Å². The number of amides is 1. The zero-order valence-electron chi connectivity index (χ0n) is 18.7. The second-order valence-corrected chi connectivity index (χ2v) is 8.79. The summed E-state index contributed by atoms with van der Waals surface area (Å²) in [5.41, 5.74) is -0.323. The van der Waals surface area contributed by atoms with Crippen molar-refractivity contribution in [3.63, 3.8) is 0 Å². The van der Waals surface area contributed by atoms with Gasteiger partial charge in [-0.1, -0.05) is 23.2 Å². The standard InChI is InChI=1S/C25H14Cl2FN5O4/c26-19-10-16(33-25(36)30-23(34)21(12-29)31-33)11-20(27)22(19)37-17-5-6-18-13(9-17)7-8-32(24(18)35)15-3-1-14(28)2-4-15/h1-6,9-11H,7-8H2,(H,30,34,36). The zero-order valence-corrected chi connectivity index (χ0v) is 20.2. The molecule has 5 rings (SSSR count). The third-order valence-electron chi connectivity index (χ3n) is 5.68. The van der Waals surface area contributed by atoms with Crippen molar-refractivity contribution in [2.24, 2.45) is 0 Å². The van der Waals surface area contributed by atoms with Crippen LogP contribution in [0.4, 0.5) is 10.1 Å². The molecular weight excluding hydrogens is 524 g/mol. The van der Waals surface area contributed by atoms with Gasteiger partial charge in [0.15, 0.2) is 5.75 Å². The Morgan fingerprint density at radius 1 is 1.00 bits per heavy atom. The molecular formula is C25H14Cl2FN5O4. The summed E-state index contributed by atoms with van der Waals surface area (Å²) < 4.78 is 20.0. The molecule has 1 aliphatic heterocycles. The fraction of sp³-hybridized carbons (Fsp3) is 0.0800. The lowest BCUT2D eigenvalue weighted by Crippen LogP contribution is -2.37. The van der Waals surface area contributed by atoms with Crippen molar-refractivity contribution < 1.29 is 13.9 Å². The van der Waals surface area contributed by atoms with Gasteiger partial charge in [-0.05, 0) is 66.6 Å². The number of nitriles is 1. The Labute approximate surface area is 217 Å². The third-order valence-corrected chi connectivity index (χ3v) is 6.24. The highest BCUT2D eigenvalue weighted by Gasteiger charge is 2.26. The maximum Gasteiger partial charge on any atom is 0.349 e. The molecule has 1 amide bonds. The molecule has 1 aromatic heterocycles. The summed E-state index contributed by atoms with van der Waals surface area (Å²) >= 11 is 12.8. The Balaban J connectivity index is 1.42. The molecule has 0 radical (unpaired) electrons. The Morgan fingerprint density at radius 2 is 1.70 bits per heavy atom. The van der Waals surface area contributed by atoms with Crippen LogP contribution in [0.25, 0.3) is 5.69 Å². The van der Waals surface area contributed by atoms with Crippen molar-refractivity contribution in [1.82, 2.24) is 14.8 Å². The van der Waals surface area contributed by atoms with Gasteiger partial charge in [0.2, 0.25) is 5.69 Å². The Hall–Kier alpha value is -4.46. The van der Waals surface area contributed by atoms with Gasteiger partial charge in [-0.2, -0.15) is 9.94 Å². The average Bonchev–Trinajstić information content (AvgIpc) is 2.87. The summed E-state index contributed by atoms with van der Waals surface area (Å²) in [6.45, 7) is 0.405. The lowest BCUT2D eigenvalue weighted by atomic mass is 9.98. The topological polar surface area (TPSA) is 121 Å². The smallest absolute Gasteiger partial charge is 0.349 e. The number of halogens is 3. The molecule has 0 spiro atoms. The van der Waals surface area contributed by atoms with Gasteiger partial charge < -0.3 is 9.64 Å². The van der Waals surface area contributed by atoms with Crippen LogP contribution in [0, 0.1) is 17.1 Å². The number of carbonyl (C=O) groups excluding carboxylic acids is 1. The predicted octanol–water partition coefficient (Wildman–Crippen LogP) is 4.23. The summed E-state index contributed by atoms with van der Waals surface area (Å²) in [7, 11) is 0. The second kappa shape index (κ2) is 9.54. The monoisotopic (exact) mass is 537 g/mol. The maximum atomic E-state index is 13.3. The molecule has 9 nitrogen and oxygen atoms in total. The van der Waals surface area contributed by atoms with E-state index < -0.39 is 16.9 Å². The van der Waals surface area contributed by atoms with E-state index in [1.54, 1.807) is 41.3 Å². The van der Waals surface area contributed by atoms with E-state index >= 15 is 0 Å². The van der Waals surface area contributed by atoms with Crippen LogP contribution in [0.1, 0.15) is 21.6 Å². The number of hydrogen-bond acceptors (Lipinski definition) is 6. The molecule has 12 heteroatoms. The van der Waals surface area contributed by atoms with Crippen LogP contribution in [0.5, 0.6) is 11.5 Å². The summed E-state index contributed by atoms with van der Waals surface area (Å²) in [5.74, 6) is -0.116. The number of hydrogen-bond donors (Lipinski definition) is 1. The van der Waals surface area contributed by atoms with Gasteiger partial charge in [0, 0.05) is 17.8 Å². The molecule has 4 aromatic rings. The first-order valence-electron chi connectivity index (χ1n) is 10.8. The molecule has 2 heterocycles. The van der Waals surface area contributed by atoms with Crippen molar-refractivity contribution in [2.75, 3.05) is 11.4 Å². The fourth-order valence-electron chi connectivity index (χ4n) is 3.93. The molecule has 1 aliphatic rings. The van der Waals surface area contributed by atoms with Crippen molar-refractivity contribution >= 4 is 34.8 Å². The minimum Gasteiger partial charge on any atom is -0.454 e. The number of aromatic nitrogens is 3. The summed E-state index contributed by atoms with van der Waals surface area (Å²) in [4.78, 5) is 40.4. The molecule has 1 N–H and O–H groups in total. The Kier molecular flexibility index (Phi) is 6.25. The first-order valence-corrected chi connectivity index (χ1v) is 11.5. The lowest BCUT2D eigenvalue weighted by Gasteiger charge is -2.29. The average molecular weight is 538 g/mol. The van der Waals surface area contributed by atoms with Gasteiger partial charge in [-0.25, -0.2) is 9.18 Å². The SMILES string of the molecule is N#Cc1nn(-c2cc(Cl)c(Oc3ccc4c(c3)CCN(c3ccc(F)cc3)C4=O)c(Cl)c2)c(=O)[nH]c1=O. The van der Waals surface area contributed by atoms with E-state index in [2.05, 4.69) is 5.10 Å². The molecule has 37 heavy (non-hydrogen) atoms. The number of nitrogens with one attached hydrogen (secondary N) is 1. The molecule has 0 saturated heterocycles. The largest absolute Gasteiger partial charge is 0.454 e. The Bertz CT molecular complexity index is 1700. The van der Waals surface area contributed by atoms with Gasteiger partial charge in [0.25, 0.3) is 11.5 Å². The normalized spacial score (nSPS) is 12.7. The number of rotatable bonds is 4. The van der Waals surface area contributed by atoms with Gasteiger partial charge in [-0.3, -0.25) is 14.6 Å². The minimum absolute atomic E-state index is 0.0391. The van der Waals surface area contributed by atoms with Gasteiger partial charge in [-0.15, -0.1) is 5.10 Å². The van der Waals surface area contributed by atoms with Crippen LogP contribution in [-0.2, 0) is 6.42 Å². The molecule has 0 atom stereocenters. The first-order chi connectivity index (χ1) is 17.7. The third kappa shape index (κ3) is 4.58. The molecule has 0 fully saturated rings. The second-order valence-electron chi connectivity index (χ2n) is 7.97. The van der Waals surface area contributed by atoms with Gasteiger partial charge in [0.05, 0.1) is 15.7 Å². The molecule has 0 unspecified atom stereocenters. The summed E-state index contributed by atoms with van der Waals surface area (Å²) in [6, 6.07) is 15.0. The fourth-order valence-corrected chi connectivity index (χ4v) is 4.48. The van der Waals surface area contributed by atoms with E-state index in [1.165, 1.54) is 24.3 Å². The van der Waals surface area contributed by atoms with Gasteiger partial charge in [0.1, 0.15) is 17.6 Å². The number of fused-ring (bicyclic) bond motifs is 1. The predicted molar refractivity (Wildman–Crippen MR) is 133 cm³/mol. The lowest BCUT2D eigenvalue weighted by molar-refractivity contribution is 0.0980. The van der Waals surface area contributed by atoms with E-state index in [9.17, 15) is 18.8 Å². The van der Waals surface area contributed by atoms with Crippen molar-refractivity contribution in [2.45, 2.75) is 6.42 Å². The molecule has 3 aromatic carbocycles. The van der Waals surface area contributed by atoms with Crippen molar-refractivity contribution in [3.8, 4) is 23.3 Å². The van der Waals surface area contributed by atoms with Crippen LogP contribution in [0.3, 0.4) is 0 Å². The molecule has 0 bridgehead atoms. The number of nitrogens with zero attached hydrogens (tertiary/aromatic N) is 4. The highest BCUT2D eigenvalue weighted by atomic mass is 35.5. The van der Waals surface area contributed by atoms with Crippen LogP contribution >= 0.6 is 23.2 Å². The maximum absolute atomic E-state index is 13.3. The van der Waals surface area contributed by atoms with E-state index in [4.69, 9.17) is 33.2 Å². The number of aromatic amines is 1. The van der Waals surface area contributed by atoms with E-state index in [0.29, 0.717) is 30.0 Å². The highest BCUT2D eigenvalue weighted by Crippen LogP contribution is 2.39. The van der Waals surface area contributed by atoms with Crippen molar-refractivity contribution in [3.05, 3.63) is 108 Å². The van der Waals surface area contributed by atoms with Crippen LogP contribution in [0.15, 0.2) is 64.2 Å². The number of H-pyrrole nitrogens is 1. The summed E-state index contributed by atoms with van der Waals surface area (Å²) in [6.07, 6.45) is 0.540. The van der Waals surface area contributed by atoms with E-state index in [1.807, 2.05) is 4.98 Å². The number of carbonyl (C=O) groups is 1. The van der Waals surface area contributed by atoms with E-state index in [-0.39, 0.29) is 33.2 Å². The highest BCUT2D eigenvalue weighted by molar-refractivity contribution is 6.37. The first kappa shape index (κ1) is 24.2. The summed E-state index contributed by atoms with van der Waals surface area (Å²) in [5, 5.41) is 12.8. The molecule has 0 aliphatic carbocycles. The number of anilines is 1.